The van der Waals surface area contributed by atoms with E-state index in [-0.39, 0.29) is 17.1 Å². The topological polar surface area (TPSA) is 101 Å². The Balaban J connectivity index is 1.58. The van der Waals surface area contributed by atoms with Gasteiger partial charge in [-0.15, -0.1) is 11.8 Å². The predicted octanol–water partition coefficient (Wildman–Crippen LogP) is 4.06. The fourth-order valence-electron chi connectivity index (χ4n) is 2.33. The number of nitrogens with zero attached hydrogens (tertiary/aromatic N) is 5. The van der Waals surface area contributed by atoms with Crippen LogP contribution in [-0.2, 0) is 0 Å². The number of benzene rings is 2. The average molecular weight is 395 g/mol. The van der Waals surface area contributed by atoms with Crippen LogP contribution < -0.4 is 10.7 Å². The SMILES string of the molecule is CSc1ccc(/C=N\Nc2nc3nonc3nc2Nc2ccc(F)cc2)cc1. The lowest BCUT2D eigenvalue weighted by molar-refractivity contribution is 0.314. The molecule has 10 heteroatoms. The van der Waals surface area contributed by atoms with Crippen LogP contribution in [-0.4, -0.2) is 32.8 Å². The second-order valence-electron chi connectivity index (χ2n) is 5.61. The molecule has 0 radical (unpaired) electrons. The lowest BCUT2D eigenvalue weighted by Crippen LogP contribution is -2.03. The minimum Gasteiger partial charge on any atom is -0.337 e. The summed E-state index contributed by atoms with van der Waals surface area (Å²) in [5.41, 5.74) is 4.89. The molecule has 0 unspecified atom stereocenters. The van der Waals surface area contributed by atoms with Gasteiger partial charge in [0.15, 0.2) is 11.6 Å². The highest BCUT2D eigenvalue weighted by molar-refractivity contribution is 7.98. The van der Waals surface area contributed by atoms with Crippen LogP contribution in [0.4, 0.5) is 21.7 Å². The fourth-order valence-corrected chi connectivity index (χ4v) is 2.74. The predicted molar refractivity (Wildman–Crippen MR) is 107 cm³/mol. The highest BCUT2D eigenvalue weighted by Gasteiger charge is 2.12. The van der Waals surface area contributed by atoms with E-state index >= 15 is 0 Å². The number of anilines is 3. The number of thioether (sulfide) groups is 1. The number of nitrogens with one attached hydrogen (secondary N) is 2. The number of rotatable bonds is 6. The smallest absolute Gasteiger partial charge is 0.245 e. The van der Waals surface area contributed by atoms with Gasteiger partial charge in [0.25, 0.3) is 0 Å². The largest absolute Gasteiger partial charge is 0.337 e. The molecule has 2 aromatic heterocycles. The molecule has 2 N–H and O–H groups in total. The quantitative estimate of drug-likeness (QED) is 0.286. The molecular weight excluding hydrogens is 381 g/mol. The number of fused-ring (bicyclic) bond motifs is 1. The average Bonchev–Trinajstić information content (AvgIpc) is 3.17. The monoisotopic (exact) mass is 395 g/mol. The Morgan fingerprint density at radius 2 is 1.64 bits per heavy atom. The number of hydrogen-bond acceptors (Lipinski definition) is 9. The number of halogens is 1. The van der Waals surface area contributed by atoms with Crippen molar-refractivity contribution < 1.29 is 9.02 Å². The fraction of sp³-hybridized carbons (Fsp3) is 0.0556. The summed E-state index contributed by atoms with van der Waals surface area (Å²) < 4.78 is 17.8. The molecule has 0 saturated carbocycles. The summed E-state index contributed by atoms with van der Waals surface area (Å²) in [7, 11) is 0. The van der Waals surface area contributed by atoms with Crippen molar-refractivity contribution in [3.63, 3.8) is 0 Å². The molecule has 8 nitrogen and oxygen atoms in total. The summed E-state index contributed by atoms with van der Waals surface area (Å²) >= 11 is 1.67. The summed E-state index contributed by atoms with van der Waals surface area (Å²) in [6.07, 6.45) is 3.69. The van der Waals surface area contributed by atoms with Crippen molar-refractivity contribution in [2.75, 3.05) is 17.0 Å². The maximum absolute atomic E-state index is 13.1. The van der Waals surface area contributed by atoms with Crippen molar-refractivity contribution in [1.82, 2.24) is 20.3 Å². The first-order valence-corrected chi connectivity index (χ1v) is 9.40. The Hall–Kier alpha value is -3.53. The lowest BCUT2D eigenvalue weighted by Gasteiger charge is -2.09. The van der Waals surface area contributed by atoms with Crippen LogP contribution in [0, 0.1) is 5.82 Å². The minimum atomic E-state index is -0.330. The van der Waals surface area contributed by atoms with Gasteiger partial charge in [0.2, 0.25) is 11.3 Å². The Morgan fingerprint density at radius 1 is 0.964 bits per heavy atom. The van der Waals surface area contributed by atoms with E-state index in [1.807, 2.05) is 30.5 Å². The van der Waals surface area contributed by atoms with Gasteiger partial charge in [-0.2, -0.15) is 10.1 Å². The van der Waals surface area contributed by atoms with E-state index < -0.39 is 0 Å². The molecule has 0 fully saturated rings. The van der Waals surface area contributed by atoms with Crippen molar-refractivity contribution in [2.24, 2.45) is 5.10 Å². The summed E-state index contributed by atoms with van der Waals surface area (Å²) in [6.45, 7) is 0. The van der Waals surface area contributed by atoms with Crippen LogP contribution in [0.2, 0.25) is 0 Å². The van der Waals surface area contributed by atoms with E-state index in [1.54, 1.807) is 30.1 Å². The van der Waals surface area contributed by atoms with Crippen molar-refractivity contribution in [3.05, 3.63) is 59.9 Å². The minimum absolute atomic E-state index is 0.242. The summed E-state index contributed by atoms with van der Waals surface area (Å²) in [4.78, 5) is 9.81. The first kappa shape index (κ1) is 17.9. The Bertz CT molecular complexity index is 1110. The van der Waals surface area contributed by atoms with Crippen LogP contribution in [0.15, 0.2) is 63.2 Å². The number of aromatic nitrogens is 4. The highest BCUT2D eigenvalue weighted by Crippen LogP contribution is 2.24. The molecule has 0 aliphatic rings. The maximum Gasteiger partial charge on any atom is 0.245 e. The third-order valence-electron chi connectivity index (χ3n) is 3.72. The molecule has 0 atom stereocenters. The zero-order valence-corrected chi connectivity index (χ0v) is 15.4. The first-order valence-electron chi connectivity index (χ1n) is 8.17. The Morgan fingerprint density at radius 3 is 2.32 bits per heavy atom. The summed E-state index contributed by atoms with van der Waals surface area (Å²) in [5, 5.41) is 14.7. The van der Waals surface area contributed by atoms with Gasteiger partial charge in [-0.05, 0) is 58.5 Å². The Kier molecular flexibility index (Phi) is 5.11. The second-order valence-corrected chi connectivity index (χ2v) is 6.49. The van der Waals surface area contributed by atoms with E-state index in [4.69, 9.17) is 0 Å². The molecule has 0 aliphatic carbocycles. The third-order valence-corrected chi connectivity index (χ3v) is 4.46. The molecule has 2 heterocycles. The van der Waals surface area contributed by atoms with Crippen molar-refractivity contribution in [3.8, 4) is 0 Å². The van der Waals surface area contributed by atoms with Gasteiger partial charge in [0, 0.05) is 10.6 Å². The molecule has 28 heavy (non-hydrogen) atoms. The van der Waals surface area contributed by atoms with E-state index in [0.717, 1.165) is 5.56 Å². The maximum atomic E-state index is 13.1. The van der Waals surface area contributed by atoms with Crippen LogP contribution in [0.3, 0.4) is 0 Å². The molecule has 140 valence electrons. The Labute approximate surface area is 163 Å². The first-order chi connectivity index (χ1) is 13.7. The standard InChI is InChI=1S/C18H14FN7OS/c1-28-14-8-2-11(3-9-14)10-20-24-16-15(21-13-6-4-12(19)5-7-13)22-17-18(23-16)26-27-25-17/h2-10H,1H3,(H,21,22,25)(H,23,24,26)/b20-10-. The van der Waals surface area contributed by atoms with Crippen LogP contribution in [0.5, 0.6) is 0 Å². The van der Waals surface area contributed by atoms with Crippen molar-refractivity contribution in [2.45, 2.75) is 4.90 Å². The summed E-state index contributed by atoms with van der Waals surface area (Å²) in [5.74, 6) is 0.345. The van der Waals surface area contributed by atoms with Gasteiger partial charge in [-0.1, -0.05) is 12.1 Å². The molecule has 0 saturated heterocycles. The molecule has 0 aliphatic heterocycles. The molecule has 0 bridgehead atoms. The van der Waals surface area contributed by atoms with Gasteiger partial charge < -0.3 is 5.32 Å². The van der Waals surface area contributed by atoms with Gasteiger partial charge in [-0.25, -0.2) is 14.0 Å². The zero-order chi connectivity index (χ0) is 19.3. The van der Waals surface area contributed by atoms with E-state index in [9.17, 15) is 4.39 Å². The van der Waals surface area contributed by atoms with Gasteiger partial charge in [-0.3, -0.25) is 5.43 Å². The highest BCUT2D eigenvalue weighted by atomic mass is 32.2. The van der Waals surface area contributed by atoms with Crippen molar-refractivity contribution in [1.29, 1.82) is 0 Å². The van der Waals surface area contributed by atoms with Gasteiger partial charge in [0.1, 0.15) is 5.82 Å². The lowest BCUT2D eigenvalue weighted by atomic mass is 10.2. The van der Waals surface area contributed by atoms with Gasteiger partial charge in [0.05, 0.1) is 6.21 Å². The van der Waals surface area contributed by atoms with Crippen LogP contribution in [0.1, 0.15) is 5.56 Å². The molecule has 4 rings (SSSR count). The molecule has 0 spiro atoms. The second kappa shape index (κ2) is 8.01. The molecule has 4 aromatic rings. The molecule has 0 amide bonds. The van der Waals surface area contributed by atoms with Crippen molar-refractivity contribution >= 4 is 46.6 Å². The van der Waals surface area contributed by atoms with Gasteiger partial charge >= 0.3 is 0 Å². The zero-order valence-electron chi connectivity index (χ0n) is 14.6. The normalized spacial score (nSPS) is 11.2. The van der Waals surface area contributed by atoms with E-state index in [0.29, 0.717) is 17.3 Å². The third kappa shape index (κ3) is 4.07. The molecular formula is C18H14FN7OS. The van der Waals surface area contributed by atoms with Crippen LogP contribution in [0.25, 0.3) is 11.3 Å². The number of hydrogen-bond donors (Lipinski definition) is 2. The van der Waals surface area contributed by atoms with E-state index in [1.165, 1.54) is 17.0 Å². The molecule has 2 aromatic carbocycles. The van der Waals surface area contributed by atoms with E-state index in [2.05, 4.69) is 40.8 Å². The number of hydrazone groups is 1. The summed E-state index contributed by atoms with van der Waals surface area (Å²) in [6, 6.07) is 13.8. The van der Waals surface area contributed by atoms with Crippen LogP contribution >= 0.6 is 11.8 Å².